The van der Waals surface area contributed by atoms with Crippen LogP contribution in [0.4, 0.5) is 11.4 Å². The SMILES string of the molecule is O=C(Oc1cccc(-c2cccc(N=Nc3ccccc3)c2)c1)c1ccccc1. The predicted octanol–water partition coefficient (Wildman–Crippen LogP) is 6.99. The van der Waals surface area contributed by atoms with Crippen LogP contribution in [-0.4, -0.2) is 5.97 Å². The molecule has 4 rings (SSSR count). The lowest BCUT2D eigenvalue weighted by molar-refractivity contribution is 0.0735. The van der Waals surface area contributed by atoms with Crippen LogP contribution in [-0.2, 0) is 0 Å². The highest BCUT2D eigenvalue weighted by Gasteiger charge is 2.09. The van der Waals surface area contributed by atoms with E-state index in [1.165, 1.54) is 0 Å². The van der Waals surface area contributed by atoms with Crippen LogP contribution in [0, 0.1) is 0 Å². The fraction of sp³-hybridized carbons (Fsp3) is 0. The minimum absolute atomic E-state index is 0.381. The summed E-state index contributed by atoms with van der Waals surface area (Å²) >= 11 is 0. The maximum atomic E-state index is 12.3. The summed E-state index contributed by atoms with van der Waals surface area (Å²) in [7, 11) is 0. The summed E-state index contributed by atoms with van der Waals surface area (Å²) in [5.74, 6) is 0.112. The molecule has 0 spiro atoms. The number of nitrogens with zero attached hydrogens (tertiary/aromatic N) is 2. The van der Waals surface area contributed by atoms with Gasteiger partial charge in [0, 0.05) is 0 Å². The van der Waals surface area contributed by atoms with E-state index < -0.39 is 0 Å². The van der Waals surface area contributed by atoms with E-state index in [0.717, 1.165) is 22.5 Å². The monoisotopic (exact) mass is 378 g/mol. The van der Waals surface area contributed by atoms with Gasteiger partial charge in [0.15, 0.2) is 0 Å². The molecule has 0 radical (unpaired) electrons. The number of ether oxygens (including phenoxy) is 1. The Morgan fingerprint density at radius 3 is 1.93 bits per heavy atom. The number of azo groups is 1. The second kappa shape index (κ2) is 8.76. The van der Waals surface area contributed by atoms with E-state index in [9.17, 15) is 4.79 Å². The molecule has 140 valence electrons. The summed E-state index contributed by atoms with van der Waals surface area (Å²) < 4.78 is 5.52. The van der Waals surface area contributed by atoms with E-state index in [0.29, 0.717) is 11.3 Å². The van der Waals surface area contributed by atoms with Crippen molar-refractivity contribution in [2.45, 2.75) is 0 Å². The lowest BCUT2D eigenvalue weighted by Crippen LogP contribution is -2.08. The molecule has 0 saturated heterocycles. The van der Waals surface area contributed by atoms with Gasteiger partial charge in [0.2, 0.25) is 0 Å². The number of hydrogen-bond acceptors (Lipinski definition) is 4. The molecule has 0 N–H and O–H groups in total. The molecule has 0 heterocycles. The summed E-state index contributed by atoms with van der Waals surface area (Å²) in [5.41, 5.74) is 3.96. The van der Waals surface area contributed by atoms with Crippen LogP contribution in [0.1, 0.15) is 10.4 Å². The van der Waals surface area contributed by atoms with Crippen molar-refractivity contribution in [3.8, 4) is 16.9 Å². The van der Waals surface area contributed by atoms with Gasteiger partial charge in [-0.05, 0) is 59.7 Å². The number of benzene rings is 4. The van der Waals surface area contributed by atoms with Gasteiger partial charge < -0.3 is 4.74 Å². The maximum Gasteiger partial charge on any atom is 0.343 e. The van der Waals surface area contributed by atoms with Crippen LogP contribution in [0.2, 0.25) is 0 Å². The number of rotatable bonds is 5. The fourth-order valence-corrected chi connectivity index (χ4v) is 2.84. The summed E-state index contributed by atoms with van der Waals surface area (Å²) in [5, 5.41) is 8.57. The molecule has 4 nitrogen and oxygen atoms in total. The number of hydrogen-bond donors (Lipinski definition) is 0. The van der Waals surface area contributed by atoms with Crippen LogP contribution >= 0.6 is 0 Å². The van der Waals surface area contributed by atoms with Gasteiger partial charge >= 0.3 is 5.97 Å². The lowest BCUT2D eigenvalue weighted by atomic mass is 10.0. The third-order valence-electron chi connectivity index (χ3n) is 4.27. The highest BCUT2D eigenvalue weighted by molar-refractivity contribution is 5.91. The molecule has 29 heavy (non-hydrogen) atoms. The number of carbonyl (C=O) groups is 1. The summed E-state index contributed by atoms with van der Waals surface area (Å²) in [6.45, 7) is 0. The molecule has 4 aromatic rings. The van der Waals surface area contributed by atoms with Crippen LogP contribution < -0.4 is 4.74 Å². The van der Waals surface area contributed by atoms with Crippen LogP contribution in [0.5, 0.6) is 5.75 Å². The Bertz CT molecular complexity index is 1140. The molecule has 0 aromatic heterocycles. The van der Waals surface area contributed by atoms with Crippen molar-refractivity contribution in [1.82, 2.24) is 0 Å². The van der Waals surface area contributed by atoms with Crippen molar-refractivity contribution in [1.29, 1.82) is 0 Å². The normalized spacial score (nSPS) is 10.8. The number of esters is 1. The standard InChI is InChI=1S/C25H18N2O2/c28-25(19-9-3-1-4-10-19)29-24-16-8-12-21(18-24)20-11-7-15-23(17-20)27-26-22-13-5-2-6-14-22/h1-18H. The first-order chi connectivity index (χ1) is 14.3. The zero-order valence-corrected chi connectivity index (χ0v) is 15.6. The lowest BCUT2D eigenvalue weighted by Gasteiger charge is -2.07. The average Bonchev–Trinajstić information content (AvgIpc) is 2.79. The zero-order chi connectivity index (χ0) is 19.9. The second-order valence-corrected chi connectivity index (χ2v) is 6.37. The molecular formula is C25H18N2O2. The molecule has 0 saturated carbocycles. The highest BCUT2D eigenvalue weighted by atomic mass is 16.5. The molecular weight excluding hydrogens is 360 g/mol. The topological polar surface area (TPSA) is 51.0 Å². The largest absolute Gasteiger partial charge is 0.423 e. The molecule has 0 fully saturated rings. The van der Waals surface area contributed by atoms with Gasteiger partial charge in [-0.2, -0.15) is 10.2 Å². The minimum atomic E-state index is -0.381. The van der Waals surface area contributed by atoms with Gasteiger partial charge in [0.05, 0.1) is 16.9 Å². The van der Waals surface area contributed by atoms with E-state index in [2.05, 4.69) is 10.2 Å². The predicted molar refractivity (Wildman–Crippen MR) is 114 cm³/mol. The van der Waals surface area contributed by atoms with Crippen molar-refractivity contribution in [2.75, 3.05) is 0 Å². The first-order valence-electron chi connectivity index (χ1n) is 9.22. The second-order valence-electron chi connectivity index (χ2n) is 6.37. The Morgan fingerprint density at radius 1 is 0.586 bits per heavy atom. The van der Waals surface area contributed by atoms with E-state index >= 15 is 0 Å². The minimum Gasteiger partial charge on any atom is -0.423 e. The van der Waals surface area contributed by atoms with Gasteiger partial charge in [0.25, 0.3) is 0 Å². The molecule has 0 unspecified atom stereocenters. The molecule has 4 heteroatoms. The highest BCUT2D eigenvalue weighted by Crippen LogP contribution is 2.28. The third kappa shape index (κ3) is 4.82. The van der Waals surface area contributed by atoms with Crippen LogP contribution in [0.3, 0.4) is 0 Å². The maximum absolute atomic E-state index is 12.3. The van der Waals surface area contributed by atoms with Gasteiger partial charge in [-0.3, -0.25) is 0 Å². The molecule has 0 aliphatic rings. The molecule has 0 bridgehead atoms. The Kier molecular flexibility index (Phi) is 5.53. The number of carbonyl (C=O) groups excluding carboxylic acids is 1. The Labute approximate surface area is 169 Å². The molecule has 4 aromatic carbocycles. The first kappa shape index (κ1) is 18.3. The Morgan fingerprint density at radius 2 is 1.17 bits per heavy atom. The summed E-state index contributed by atoms with van der Waals surface area (Å²) in [6.07, 6.45) is 0. The average molecular weight is 378 g/mol. The van der Waals surface area contributed by atoms with Crippen LogP contribution in [0.25, 0.3) is 11.1 Å². The molecule has 0 aliphatic heterocycles. The quantitative estimate of drug-likeness (QED) is 0.213. The van der Waals surface area contributed by atoms with E-state index in [1.807, 2.05) is 91.0 Å². The van der Waals surface area contributed by atoms with Gasteiger partial charge in [-0.25, -0.2) is 4.79 Å². The Balaban J connectivity index is 1.54. The summed E-state index contributed by atoms with van der Waals surface area (Å²) in [6, 6.07) is 33.7. The molecule has 0 amide bonds. The van der Waals surface area contributed by atoms with Crippen molar-refractivity contribution in [3.05, 3.63) is 115 Å². The van der Waals surface area contributed by atoms with Crippen molar-refractivity contribution in [2.24, 2.45) is 10.2 Å². The van der Waals surface area contributed by atoms with Crippen molar-refractivity contribution >= 4 is 17.3 Å². The van der Waals surface area contributed by atoms with Gasteiger partial charge in [-0.15, -0.1) is 0 Å². The van der Waals surface area contributed by atoms with E-state index in [-0.39, 0.29) is 5.97 Å². The van der Waals surface area contributed by atoms with E-state index in [1.54, 1.807) is 18.2 Å². The third-order valence-corrected chi connectivity index (χ3v) is 4.27. The van der Waals surface area contributed by atoms with Crippen molar-refractivity contribution in [3.63, 3.8) is 0 Å². The first-order valence-corrected chi connectivity index (χ1v) is 9.22. The van der Waals surface area contributed by atoms with Gasteiger partial charge in [-0.1, -0.05) is 60.7 Å². The molecule has 0 atom stereocenters. The summed E-state index contributed by atoms with van der Waals surface area (Å²) in [4.78, 5) is 12.3. The van der Waals surface area contributed by atoms with E-state index in [4.69, 9.17) is 4.74 Å². The van der Waals surface area contributed by atoms with Crippen molar-refractivity contribution < 1.29 is 9.53 Å². The smallest absolute Gasteiger partial charge is 0.343 e. The molecule has 0 aliphatic carbocycles. The zero-order valence-electron chi connectivity index (χ0n) is 15.6. The van der Waals surface area contributed by atoms with Gasteiger partial charge in [0.1, 0.15) is 5.75 Å². The Hall–Kier alpha value is -4.05. The fourth-order valence-electron chi connectivity index (χ4n) is 2.84. The van der Waals surface area contributed by atoms with Crippen LogP contribution in [0.15, 0.2) is 119 Å².